The molecule has 8 nitrogen and oxygen atoms in total. The average Bonchev–Trinajstić information content (AvgIpc) is 2.84. The van der Waals surface area contributed by atoms with Gasteiger partial charge >= 0.3 is 0 Å². The maximum absolute atomic E-state index is 5.34. The number of hydrogen-bond donors (Lipinski definition) is 2. The van der Waals surface area contributed by atoms with Gasteiger partial charge < -0.3 is 20.3 Å². The molecule has 1 aliphatic heterocycles. The minimum atomic E-state index is 0.613. The molecular formula is C23H23N7O. The third-order valence-electron chi connectivity index (χ3n) is 5.31. The van der Waals surface area contributed by atoms with Crippen molar-refractivity contribution < 1.29 is 4.74 Å². The van der Waals surface area contributed by atoms with E-state index in [1.807, 2.05) is 18.2 Å². The Morgan fingerprint density at radius 3 is 2.81 bits per heavy atom. The second-order valence-electron chi connectivity index (χ2n) is 7.31. The minimum Gasteiger partial charge on any atom is -0.494 e. The van der Waals surface area contributed by atoms with Crippen LogP contribution in [-0.2, 0) is 0 Å². The summed E-state index contributed by atoms with van der Waals surface area (Å²) < 4.78 is 5.34. The lowest BCUT2D eigenvalue weighted by atomic mass is 10.2. The van der Waals surface area contributed by atoms with Crippen LogP contribution in [0.5, 0.6) is 5.75 Å². The molecule has 0 unspecified atom stereocenters. The van der Waals surface area contributed by atoms with Crippen LogP contribution in [0.1, 0.15) is 0 Å². The summed E-state index contributed by atoms with van der Waals surface area (Å²) in [5.74, 6) is 2.01. The van der Waals surface area contributed by atoms with E-state index < -0.39 is 0 Å². The molecule has 2 N–H and O–H groups in total. The number of ether oxygens (including phenoxy) is 1. The molecule has 0 saturated carbocycles. The van der Waals surface area contributed by atoms with Gasteiger partial charge in [0.1, 0.15) is 11.6 Å². The summed E-state index contributed by atoms with van der Waals surface area (Å²) in [7, 11) is 1.61. The van der Waals surface area contributed by atoms with Crippen molar-refractivity contribution in [3.05, 3.63) is 61.2 Å². The van der Waals surface area contributed by atoms with Crippen molar-refractivity contribution in [2.45, 2.75) is 0 Å². The third-order valence-corrected chi connectivity index (χ3v) is 5.31. The highest BCUT2D eigenvalue weighted by atomic mass is 16.5. The number of benzene rings is 1. The van der Waals surface area contributed by atoms with Crippen molar-refractivity contribution in [2.24, 2.45) is 0 Å². The van der Waals surface area contributed by atoms with Crippen molar-refractivity contribution >= 4 is 28.1 Å². The maximum atomic E-state index is 5.34. The van der Waals surface area contributed by atoms with E-state index >= 15 is 0 Å². The standard InChI is InChI=1S/C23H23N7O/c1-31-21-15-25-14-20-19(21)13-27-23(29-20)16-5-6-26-22(11-16)28-17-3-2-4-18(12-17)30-9-7-24-8-10-30/h2-6,11-15,24H,7-10H2,1H3,(H,26,28). The van der Waals surface area contributed by atoms with Crippen molar-refractivity contribution in [3.8, 4) is 17.1 Å². The number of hydrogen-bond acceptors (Lipinski definition) is 8. The van der Waals surface area contributed by atoms with Crippen LogP contribution in [-0.4, -0.2) is 53.2 Å². The molecule has 4 heterocycles. The van der Waals surface area contributed by atoms with E-state index in [1.165, 1.54) is 5.69 Å². The molecule has 0 radical (unpaired) electrons. The first kappa shape index (κ1) is 19.2. The highest BCUT2D eigenvalue weighted by Gasteiger charge is 2.11. The molecule has 156 valence electrons. The number of aromatic nitrogens is 4. The topological polar surface area (TPSA) is 88.1 Å². The van der Waals surface area contributed by atoms with Gasteiger partial charge in [0, 0.05) is 55.5 Å². The zero-order chi connectivity index (χ0) is 21.0. The molecule has 1 saturated heterocycles. The first-order valence-corrected chi connectivity index (χ1v) is 10.2. The Labute approximate surface area is 180 Å². The summed E-state index contributed by atoms with van der Waals surface area (Å²) in [6.45, 7) is 4.04. The fourth-order valence-electron chi connectivity index (χ4n) is 3.72. The lowest BCUT2D eigenvalue weighted by Gasteiger charge is -2.29. The number of nitrogens with zero attached hydrogens (tertiary/aromatic N) is 5. The van der Waals surface area contributed by atoms with E-state index in [0.29, 0.717) is 11.6 Å². The number of methoxy groups -OCH3 is 1. The van der Waals surface area contributed by atoms with Crippen LogP contribution >= 0.6 is 0 Å². The molecule has 0 spiro atoms. The summed E-state index contributed by atoms with van der Waals surface area (Å²) in [5, 5.41) is 7.63. The first-order chi connectivity index (χ1) is 15.3. The fourth-order valence-corrected chi connectivity index (χ4v) is 3.72. The molecule has 0 bridgehead atoms. The van der Waals surface area contributed by atoms with Gasteiger partial charge in [-0.25, -0.2) is 15.0 Å². The quantitative estimate of drug-likeness (QED) is 0.516. The largest absolute Gasteiger partial charge is 0.494 e. The maximum Gasteiger partial charge on any atom is 0.160 e. The number of rotatable bonds is 5. The van der Waals surface area contributed by atoms with E-state index in [4.69, 9.17) is 4.74 Å². The van der Waals surface area contributed by atoms with Crippen LogP contribution in [0, 0.1) is 0 Å². The van der Waals surface area contributed by atoms with Crippen molar-refractivity contribution in [2.75, 3.05) is 43.5 Å². The van der Waals surface area contributed by atoms with Crippen molar-refractivity contribution in [1.82, 2.24) is 25.3 Å². The van der Waals surface area contributed by atoms with Gasteiger partial charge in [-0.05, 0) is 30.3 Å². The van der Waals surface area contributed by atoms with Gasteiger partial charge in [-0.2, -0.15) is 0 Å². The second-order valence-corrected chi connectivity index (χ2v) is 7.31. The molecule has 0 aliphatic carbocycles. The number of pyridine rings is 2. The Balaban J connectivity index is 1.40. The van der Waals surface area contributed by atoms with Crippen LogP contribution in [0.2, 0.25) is 0 Å². The van der Waals surface area contributed by atoms with E-state index in [9.17, 15) is 0 Å². The predicted octanol–water partition coefficient (Wildman–Crippen LogP) is 3.25. The van der Waals surface area contributed by atoms with Gasteiger partial charge in [-0.15, -0.1) is 0 Å². The molecular weight excluding hydrogens is 390 g/mol. The van der Waals surface area contributed by atoms with Crippen LogP contribution in [0.25, 0.3) is 22.3 Å². The highest BCUT2D eigenvalue weighted by Crippen LogP contribution is 2.27. The second kappa shape index (κ2) is 8.53. The van der Waals surface area contributed by atoms with Gasteiger partial charge in [-0.1, -0.05) is 6.07 Å². The molecule has 1 aromatic carbocycles. The van der Waals surface area contributed by atoms with E-state index in [1.54, 1.807) is 31.9 Å². The average molecular weight is 413 g/mol. The Bertz CT molecular complexity index is 1210. The SMILES string of the molecule is COc1cncc2nc(-c3ccnc(Nc4cccc(N5CCNCC5)c4)c3)ncc12. The fraction of sp³-hybridized carbons (Fsp3) is 0.217. The molecule has 31 heavy (non-hydrogen) atoms. The zero-order valence-corrected chi connectivity index (χ0v) is 17.2. The monoisotopic (exact) mass is 413 g/mol. The predicted molar refractivity (Wildman–Crippen MR) is 122 cm³/mol. The summed E-state index contributed by atoms with van der Waals surface area (Å²) in [6, 6.07) is 12.3. The highest BCUT2D eigenvalue weighted by molar-refractivity contribution is 5.84. The van der Waals surface area contributed by atoms with E-state index in [0.717, 1.165) is 54.2 Å². The molecule has 5 rings (SSSR count). The van der Waals surface area contributed by atoms with Crippen LogP contribution in [0.3, 0.4) is 0 Å². The van der Waals surface area contributed by atoms with Crippen LogP contribution in [0.15, 0.2) is 61.2 Å². The van der Waals surface area contributed by atoms with Crippen LogP contribution < -0.4 is 20.3 Å². The van der Waals surface area contributed by atoms with Gasteiger partial charge in [0.2, 0.25) is 0 Å². The molecule has 4 aromatic rings. The third kappa shape index (κ3) is 4.10. The molecule has 1 fully saturated rings. The molecule has 0 amide bonds. The molecule has 8 heteroatoms. The Hall–Kier alpha value is -3.78. The summed E-state index contributed by atoms with van der Waals surface area (Å²) in [4.78, 5) is 20.2. The normalized spacial score (nSPS) is 13.9. The van der Waals surface area contributed by atoms with Gasteiger partial charge in [0.05, 0.1) is 30.4 Å². The smallest absolute Gasteiger partial charge is 0.160 e. The Morgan fingerprint density at radius 1 is 1.03 bits per heavy atom. The molecule has 3 aromatic heterocycles. The Kier molecular flexibility index (Phi) is 5.28. The van der Waals surface area contributed by atoms with Gasteiger partial charge in [0.25, 0.3) is 0 Å². The van der Waals surface area contributed by atoms with Gasteiger partial charge in [-0.3, -0.25) is 4.98 Å². The first-order valence-electron chi connectivity index (χ1n) is 10.2. The molecule has 1 aliphatic rings. The van der Waals surface area contributed by atoms with Crippen molar-refractivity contribution in [3.63, 3.8) is 0 Å². The summed E-state index contributed by atoms with van der Waals surface area (Å²) in [6.07, 6.45) is 6.90. The van der Waals surface area contributed by atoms with Crippen molar-refractivity contribution in [1.29, 1.82) is 0 Å². The van der Waals surface area contributed by atoms with E-state index in [-0.39, 0.29) is 0 Å². The Morgan fingerprint density at radius 2 is 1.94 bits per heavy atom. The van der Waals surface area contributed by atoms with Crippen LogP contribution in [0.4, 0.5) is 17.2 Å². The zero-order valence-electron chi connectivity index (χ0n) is 17.2. The number of nitrogens with one attached hydrogen (secondary N) is 2. The summed E-state index contributed by atoms with van der Waals surface area (Å²) in [5.41, 5.74) is 3.82. The summed E-state index contributed by atoms with van der Waals surface area (Å²) >= 11 is 0. The number of anilines is 3. The minimum absolute atomic E-state index is 0.613. The lowest BCUT2D eigenvalue weighted by Crippen LogP contribution is -2.43. The lowest BCUT2D eigenvalue weighted by molar-refractivity contribution is 0.418. The number of piperazine rings is 1. The van der Waals surface area contributed by atoms with E-state index in [2.05, 4.69) is 53.7 Å². The number of fused-ring (bicyclic) bond motifs is 1. The molecule has 0 atom stereocenters. The van der Waals surface area contributed by atoms with Gasteiger partial charge in [0.15, 0.2) is 5.82 Å².